The minimum atomic E-state index is -0.419. The lowest BCUT2D eigenvalue weighted by Crippen LogP contribution is -2.05. The van der Waals surface area contributed by atoms with Crippen LogP contribution in [0.25, 0.3) is 16.9 Å². The van der Waals surface area contributed by atoms with Gasteiger partial charge in [0.05, 0.1) is 30.0 Å². The molecule has 4 aromatic rings. The summed E-state index contributed by atoms with van der Waals surface area (Å²) in [5.41, 5.74) is 3.52. The number of hydrogen-bond acceptors (Lipinski definition) is 5. The fraction of sp³-hybridized carbons (Fsp3) is 0.174. The van der Waals surface area contributed by atoms with Crippen molar-refractivity contribution < 1.29 is 14.4 Å². The number of nitro groups is 1. The molecule has 0 saturated carbocycles. The van der Waals surface area contributed by atoms with Gasteiger partial charge in [0.15, 0.2) is 0 Å². The third kappa shape index (κ3) is 4.57. The Balaban J connectivity index is 1.31. The van der Waals surface area contributed by atoms with Gasteiger partial charge in [-0.05, 0) is 55.0 Å². The van der Waals surface area contributed by atoms with E-state index in [1.807, 2.05) is 55.5 Å². The van der Waals surface area contributed by atoms with Crippen molar-refractivity contribution in [2.75, 3.05) is 13.2 Å². The number of aromatic nitrogens is 2. The summed E-state index contributed by atoms with van der Waals surface area (Å²) in [7, 11) is 0. The highest BCUT2D eigenvalue weighted by Crippen LogP contribution is 2.23. The molecule has 0 aliphatic heterocycles. The summed E-state index contributed by atoms with van der Waals surface area (Å²) < 4.78 is 13.2. The van der Waals surface area contributed by atoms with Crippen LogP contribution in [0.4, 0.5) is 5.69 Å². The first-order valence-electron chi connectivity index (χ1n) is 9.64. The first-order chi connectivity index (χ1) is 14.6. The molecule has 0 atom stereocenters. The Hall–Kier alpha value is -3.87. The second-order valence-electron chi connectivity index (χ2n) is 6.93. The zero-order chi connectivity index (χ0) is 20.9. The van der Waals surface area contributed by atoms with Crippen molar-refractivity contribution in [3.63, 3.8) is 0 Å². The lowest BCUT2D eigenvalue weighted by atomic mass is 10.2. The fourth-order valence-corrected chi connectivity index (χ4v) is 3.09. The molecule has 2 aromatic heterocycles. The summed E-state index contributed by atoms with van der Waals surface area (Å²) in [6.07, 6.45) is 4.02. The van der Waals surface area contributed by atoms with Crippen molar-refractivity contribution in [3.8, 4) is 22.8 Å². The molecule has 7 nitrogen and oxygen atoms in total. The summed E-state index contributed by atoms with van der Waals surface area (Å²) in [4.78, 5) is 15.0. The molecule has 0 N–H and O–H groups in total. The molecule has 0 bridgehead atoms. The molecule has 0 radical (unpaired) electrons. The third-order valence-electron chi connectivity index (χ3n) is 4.61. The maximum atomic E-state index is 10.9. The molecule has 0 aliphatic rings. The van der Waals surface area contributed by atoms with Crippen LogP contribution in [0.5, 0.6) is 11.5 Å². The predicted octanol–water partition coefficient (Wildman–Crippen LogP) is 5.07. The highest BCUT2D eigenvalue weighted by molar-refractivity contribution is 5.63. The van der Waals surface area contributed by atoms with Crippen LogP contribution in [0.3, 0.4) is 0 Å². The normalized spacial score (nSPS) is 10.8. The van der Waals surface area contributed by atoms with Crippen molar-refractivity contribution in [1.29, 1.82) is 0 Å². The number of fused-ring (bicyclic) bond motifs is 1. The van der Waals surface area contributed by atoms with Gasteiger partial charge in [-0.2, -0.15) is 0 Å². The molecule has 0 amide bonds. The number of rotatable bonds is 8. The van der Waals surface area contributed by atoms with Crippen molar-refractivity contribution in [3.05, 3.63) is 88.7 Å². The van der Waals surface area contributed by atoms with Gasteiger partial charge in [-0.25, -0.2) is 4.98 Å². The fourth-order valence-electron chi connectivity index (χ4n) is 3.09. The zero-order valence-corrected chi connectivity index (χ0v) is 16.5. The summed E-state index contributed by atoms with van der Waals surface area (Å²) in [6, 6.07) is 18.7. The minimum Gasteiger partial charge on any atom is -0.493 e. The Morgan fingerprint density at radius 3 is 2.47 bits per heavy atom. The molecule has 0 aliphatic carbocycles. The maximum absolute atomic E-state index is 10.9. The molecule has 0 fully saturated rings. The maximum Gasteiger partial charge on any atom is 0.286 e. The molecule has 0 spiro atoms. The number of imidazole rings is 1. The molecule has 2 heterocycles. The van der Waals surface area contributed by atoms with Gasteiger partial charge < -0.3 is 9.47 Å². The largest absolute Gasteiger partial charge is 0.493 e. The lowest BCUT2D eigenvalue weighted by molar-refractivity contribution is -0.385. The van der Waals surface area contributed by atoms with Crippen LogP contribution in [-0.4, -0.2) is 27.5 Å². The summed E-state index contributed by atoms with van der Waals surface area (Å²) in [6.45, 7) is 3.19. The molecule has 152 valence electrons. The smallest absolute Gasteiger partial charge is 0.286 e. The molecular formula is C23H21N3O4. The average Bonchev–Trinajstić information content (AvgIpc) is 3.17. The summed E-state index contributed by atoms with van der Waals surface area (Å²) in [5, 5.41) is 10.9. The molecule has 0 unspecified atom stereocenters. The number of nitrogens with zero attached hydrogens (tertiary/aromatic N) is 3. The van der Waals surface area contributed by atoms with Crippen molar-refractivity contribution in [2.45, 2.75) is 13.3 Å². The molecule has 0 saturated heterocycles. The van der Waals surface area contributed by atoms with E-state index in [1.54, 1.807) is 16.7 Å². The van der Waals surface area contributed by atoms with Gasteiger partial charge >= 0.3 is 0 Å². The van der Waals surface area contributed by atoms with E-state index < -0.39 is 4.92 Å². The van der Waals surface area contributed by atoms with Gasteiger partial charge in [-0.15, -0.1) is 0 Å². The Morgan fingerprint density at radius 1 is 0.967 bits per heavy atom. The zero-order valence-electron chi connectivity index (χ0n) is 16.5. The third-order valence-corrected chi connectivity index (χ3v) is 4.61. The molecule has 4 rings (SSSR count). The predicted molar refractivity (Wildman–Crippen MR) is 114 cm³/mol. The van der Waals surface area contributed by atoms with E-state index in [0.29, 0.717) is 18.9 Å². The monoisotopic (exact) mass is 403 g/mol. The van der Waals surface area contributed by atoms with E-state index in [0.717, 1.165) is 29.2 Å². The van der Waals surface area contributed by atoms with Crippen molar-refractivity contribution >= 4 is 11.3 Å². The summed E-state index contributed by atoms with van der Waals surface area (Å²) in [5.74, 6) is 1.64. The first-order valence-corrected chi connectivity index (χ1v) is 9.64. The van der Waals surface area contributed by atoms with E-state index >= 15 is 0 Å². The van der Waals surface area contributed by atoms with Crippen LogP contribution >= 0.6 is 0 Å². The van der Waals surface area contributed by atoms with Gasteiger partial charge in [0.1, 0.15) is 17.1 Å². The topological polar surface area (TPSA) is 78.9 Å². The first kappa shape index (κ1) is 19.4. The van der Waals surface area contributed by atoms with Gasteiger partial charge in [0.2, 0.25) is 0 Å². The lowest BCUT2D eigenvalue weighted by Gasteiger charge is -2.09. The van der Waals surface area contributed by atoms with Crippen LogP contribution < -0.4 is 9.47 Å². The van der Waals surface area contributed by atoms with Gasteiger partial charge in [0, 0.05) is 24.2 Å². The van der Waals surface area contributed by atoms with Crippen LogP contribution in [0, 0.1) is 17.0 Å². The van der Waals surface area contributed by atoms with Gasteiger partial charge in [0.25, 0.3) is 5.69 Å². The van der Waals surface area contributed by atoms with E-state index in [-0.39, 0.29) is 5.69 Å². The second kappa shape index (κ2) is 8.65. The minimum absolute atomic E-state index is 0.0292. The number of hydrogen-bond donors (Lipinski definition) is 0. The second-order valence-corrected chi connectivity index (χ2v) is 6.93. The Morgan fingerprint density at radius 2 is 1.73 bits per heavy atom. The SMILES string of the molecule is Cc1cccc(OCCCOc2ccc(-c3cn4cc([N+](=O)[O-])ccc4n3)cc2)c1. The average molecular weight is 403 g/mol. The Kier molecular flexibility index (Phi) is 5.61. The summed E-state index contributed by atoms with van der Waals surface area (Å²) >= 11 is 0. The van der Waals surface area contributed by atoms with Crippen LogP contribution in [0.15, 0.2) is 73.1 Å². The van der Waals surface area contributed by atoms with Crippen molar-refractivity contribution in [1.82, 2.24) is 9.38 Å². The molecule has 30 heavy (non-hydrogen) atoms. The van der Waals surface area contributed by atoms with Gasteiger partial charge in [-0.3, -0.25) is 14.5 Å². The number of aryl methyl sites for hydroxylation is 1. The van der Waals surface area contributed by atoms with Crippen LogP contribution in [0.1, 0.15) is 12.0 Å². The number of benzene rings is 2. The Bertz CT molecular complexity index is 1170. The number of pyridine rings is 1. The van der Waals surface area contributed by atoms with Crippen molar-refractivity contribution in [2.24, 2.45) is 0 Å². The van der Waals surface area contributed by atoms with E-state index in [1.165, 1.54) is 17.8 Å². The van der Waals surface area contributed by atoms with E-state index in [9.17, 15) is 10.1 Å². The highest BCUT2D eigenvalue weighted by Gasteiger charge is 2.09. The quantitative estimate of drug-likeness (QED) is 0.233. The van der Waals surface area contributed by atoms with E-state index in [2.05, 4.69) is 4.98 Å². The highest BCUT2D eigenvalue weighted by atomic mass is 16.6. The molecule has 7 heteroatoms. The Labute approximate surface area is 173 Å². The standard InChI is InChI=1S/C23H21N3O4/c1-17-4-2-5-21(14-17)30-13-3-12-29-20-9-6-18(7-10-20)22-16-25-15-19(26(27)28)8-11-23(25)24-22/h2,4-11,14-16H,3,12-13H2,1H3. The van der Waals surface area contributed by atoms with Gasteiger partial charge in [-0.1, -0.05) is 12.1 Å². The van der Waals surface area contributed by atoms with Crippen LogP contribution in [-0.2, 0) is 0 Å². The van der Waals surface area contributed by atoms with Crippen LogP contribution in [0.2, 0.25) is 0 Å². The number of ether oxygens (including phenoxy) is 2. The molecule has 2 aromatic carbocycles. The molecular weight excluding hydrogens is 382 g/mol. The van der Waals surface area contributed by atoms with E-state index in [4.69, 9.17) is 9.47 Å².